The molecule has 0 spiro atoms. The molecule has 0 atom stereocenters. The lowest BCUT2D eigenvalue weighted by atomic mass is 9.95. The first-order chi connectivity index (χ1) is 15.0. The third-order valence-electron chi connectivity index (χ3n) is 5.55. The van der Waals surface area contributed by atoms with E-state index >= 15 is 0 Å². The number of nitrogens with one attached hydrogen (secondary N) is 1. The molecule has 0 radical (unpaired) electrons. The Morgan fingerprint density at radius 2 is 1.84 bits per heavy atom. The fraction of sp³-hybridized carbons (Fsp3) is 0.333. The van der Waals surface area contributed by atoms with Crippen LogP contribution in [0.3, 0.4) is 0 Å². The summed E-state index contributed by atoms with van der Waals surface area (Å²) in [6.45, 7) is 5.00. The van der Waals surface area contributed by atoms with Gasteiger partial charge in [0.1, 0.15) is 10.7 Å². The van der Waals surface area contributed by atoms with Crippen molar-refractivity contribution in [3.63, 3.8) is 0 Å². The molecule has 1 aliphatic rings. The van der Waals surface area contributed by atoms with Gasteiger partial charge in [-0.2, -0.15) is 0 Å². The zero-order valence-corrected chi connectivity index (χ0v) is 18.6. The molecule has 0 bridgehead atoms. The number of aryl methyl sites for hydroxylation is 2. The van der Waals surface area contributed by atoms with E-state index in [0.29, 0.717) is 36.6 Å². The van der Waals surface area contributed by atoms with E-state index in [4.69, 9.17) is 0 Å². The zero-order chi connectivity index (χ0) is 21.8. The minimum absolute atomic E-state index is 0.0216. The number of carbonyl (C=O) groups is 2. The lowest BCUT2D eigenvalue weighted by Crippen LogP contribution is -2.41. The molecule has 0 saturated carbocycles. The van der Waals surface area contributed by atoms with E-state index in [1.807, 2.05) is 49.1 Å². The average molecular weight is 435 g/mol. The predicted molar refractivity (Wildman–Crippen MR) is 122 cm³/mol. The Kier molecular flexibility index (Phi) is 6.42. The van der Waals surface area contributed by atoms with Crippen LogP contribution in [0.5, 0.6) is 0 Å². The van der Waals surface area contributed by atoms with Gasteiger partial charge in [0.15, 0.2) is 0 Å². The van der Waals surface area contributed by atoms with Crippen LogP contribution in [-0.4, -0.2) is 39.8 Å². The molecular weight excluding hydrogens is 408 g/mol. The molecule has 160 valence electrons. The third kappa shape index (κ3) is 5.17. The number of hydrogen-bond acceptors (Lipinski definition) is 5. The van der Waals surface area contributed by atoms with Gasteiger partial charge in [-0.05, 0) is 43.9 Å². The topological polar surface area (TPSA) is 75.2 Å². The van der Waals surface area contributed by atoms with Crippen LogP contribution in [0.4, 0.5) is 5.82 Å². The Morgan fingerprint density at radius 1 is 1.10 bits per heavy atom. The summed E-state index contributed by atoms with van der Waals surface area (Å²) in [6, 6.07) is 13.9. The summed E-state index contributed by atoms with van der Waals surface area (Å²) < 4.78 is 0. The van der Waals surface area contributed by atoms with Crippen molar-refractivity contribution >= 4 is 29.0 Å². The summed E-state index contributed by atoms with van der Waals surface area (Å²) in [6.07, 6.45) is 3.77. The number of anilines is 1. The van der Waals surface area contributed by atoms with Gasteiger partial charge in [0.25, 0.3) is 5.91 Å². The maximum Gasteiger partial charge on any atom is 0.265 e. The highest BCUT2D eigenvalue weighted by Gasteiger charge is 2.29. The van der Waals surface area contributed by atoms with Gasteiger partial charge in [-0.1, -0.05) is 36.4 Å². The van der Waals surface area contributed by atoms with E-state index in [-0.39, 0.29) is 17.7 Å². The number of pyridine rings is 1. The fourth-order valence-electron chi connectivity index (χ4n) is 3.76. The molecule has 0 aliphatic carbocycles. The maximum atomic E-state index is 13.1. The van der Waals surface area contributed by atoms with Crippen LogP contribution in [0.1, 0.15) is 44.3 Å². The Bertz CT molecular complexity index is 1050. The van der Waals surface area contributed by atoms with Crippen LogP contribution < -0.4 is 5.32 Å². The predicted octanol–water partition coefficient (Wildman–Crippen LogP) is 4.24. The lowest BCUT2D eigenvalue weighted by molar-refractivity contribution is -0.121. The highest BCUT2D eigenvalue weighted by molar-refractivity contribution is 7.13. The maximum absolute atomic E-state index is 13.1. The van der Waals surface area contributed by atoms with Gasteiger partial charge >= 0.3 is 0 Å². The van der Waals surface area contributed by atoms with Crippen molar-refractivity contribution in [2.75, 3.05) is 18.4 Å². The second-order valence-electron chi connectivity index (χ2n) is 7.96. The highest BCUT2D eigenvalue weighted by atomic mass is 32.1. The van der Waals surface area contributed by atoms with Crippen LogP contribution in [0.15, 0.2) is 48.7 Å². The molecule has 1 N–H and O–H groups in total. The van der Waals surface area contributed by atoms with Gasteiger partial charge in [-0.25, -0.2) is 9.97 Å². The largest absolute Gasteiger partial charge is 0.338 e. The minimum Gasteiger partial charge on any atom is -0.338 e. The second-order valence-corrected chi connectivity index (χ2v) is 9.04. The quantitative estimate of drug-likeness (QED) is 0.652. The number of carbonyl (C=O) groups excluding carboxylic acids is 2. The smallest absolute Gasteiger partial charge is 0.265 e. The Balaban J connectivity index is 1.34. The Morgan fingerprint density at radius 3 is 2.52 bits per heavy atom. The van der Waals surface area contributed by atoms with Crippen LogP contribution in [0, 0.1) is 19.8 Å². The molecule has 1 aromatic carbocycles. The summed E-state index contributed by atoms with van der Waals surface area (Å²) >= 11 is 1.48. The molecule has 7 heteroatoms. The van der Waals surface area contributed by atoms with E-state index in [0.717, 1.165) is 22.7 Å². The minimum atomic E-state index is -0.108. The first-order valence-corrected chi connectivity index (χ1v) is 11.3. The summed E-state index contributed by atoms with van der Waals surface area (Å²) in [4.78, 5) is 37.0. The van der Waals surface area contributed by atoms with Gasteiger partial charge in [0.2, 0.25) is 5.91 Å². The molecule has 1 aliphatic heterocycles. The normalized spacial score (nSPS) is 14.5. The van der Waals surface area contributed by atoms with Crippen LogP contribution in [0.25, 0.3) is 0 Å². The van der Waals surface area contributed by atoms with E-state index in [2.05, 4.69) is 27.4 Å². The van der Waals surface area contributed by atoms with Crippen molar-refractivity contribution in [3.05, 3.63) is 75.4 Å². The number of likely N-dealkylation sites (tertiary alicyclic amines) is 1. The first kappa shape index (κ1) is 21.2. The van der Waals surface area contributed by atoms with Gasteiger partial charge in [-0.15, -0.1) is 11.3 Å². The molecule has 3 heterocycles. The first-order valence-electron chi connectivity index (χ1n) is 10.5. The standard InChI is InChI=1S/C24H26N4O2S/c1-16-8-9-20(25-15-16)27-23(29)19-10-12-28(13-11-19)24(30)22-17(2)26-21(31-22)14-18-6-4-3-5-7-18/h3-9,15,19H,10-14H2,1-2H3,(H,25,27,29). The molecule has 2 amide bonds. The van der Waals surface area contributed by atoms with Gasteiger partial charge in [0.05, 0.1) is 10.7 Å². The molecule has 3 aromatic rings. The van der Waals surface area contributed by atoms with Crippen molar-refractivity contribution in [2.24, 2.45) is 5.92 Å². The van der Waals surface area contributed by atoms with Crippen LogP contribution in [0.2, 0.25) is 0 Å². The van der Waals surface area contributed by atoms with E-state index in [9.17, 15) is 9.59 Å². The number of thiazole rings is 1. The molecular formula is C24H26N4O2S. The van der Waals surface area contributed by atoms with Gasteiger partial charge < -0.3 is 10.2 Å². The number of piperidine rings is 1. The van der Waals surface area contributed by atoms with E-state index in [1.165, 1.54) is 16.9 Å². The van der Waals surface area contributed by atoms with Crippen molar-refractivity contribution in [2.45, 2.75) is 33.1 Å². The Labute approximate surface area is 186 Å². The van der Waals surface area contributed by atoms with Crippen molar-refractivity contribution in [1.82, 2.24) is 14.9 Å². The number of hydrogen-bond donors (Lipinski definition) is 1. The fourth-order valence-corrected chi connectivity index (χ4v) is 4.82. The summed E-state index contributed by atoms with van der Waals surface area (Å²) in [7, 11) is 0. The average Bonchev–Trinajstić information content (AvgIpc) is 3.15. The summed E-state index contributed by atoms with van der Waals surface area (Å²) in [5.74, 6) is 0.458. The number of benzene rings is 1. The highest BCUT2D eigenvalue weighted by Crippen LogP contribution is 2.26. The molecule has 31 heavy (non-hydrogen) atoms. The van der Waals surface area contributed by atoms with Gasteiger partial charge in [0, 0.05) is 31.6 Å². The second kappa shape index (κ2) is 9.39. The number of amides is 2. The van der Waals surface area contributed by atoms with Crippen molar-refractivity contribution in [1.29, 1.82) is 0 Å². The van der Waals surface area contributed by atoms with Crippen molar-refractivity contribution < 1.29 is 9.59 Å². The summed E-state index contributed by atoms with van der Waals surface area (Å²) in [5, 5.41) is 3.84. The molecule has 1 saturated heterocycles. The molecule has 2 aromatic heterocycles. The number of rotatable bonds is 5. The van der Waals surface area contributed by atoms with Crippen LogP contribution >= 0.6 is 11.3 Å². The number of nitrogens with zero attached hydrogens (tertiary/aromatic N) is 3. The van der Waals surface area contributed by atoms with Crippen LogP contribution in [-0.2, 0) is 11.2 Å². The summed E-state index contributed by atoms with van der Waals surface area (Å²) in [5.41, 5.74) is 3.02. The SMILES string of the molecule is Cc1ccc(NC(=O)C2CCN(C(=O)c3sc(Cc4ccccc4)nc3C)CC2)nc1. The molecule has 6 nitrogen and oxygen atoms in total. The third-order valence-corrected chi connectivity index (χ3v) is 6.69. The zero-order valence-electron chi connectivity index (χ0n) is 17.8. The van der Waals surface area contributed by atoms with Crippen molar-refractivity contribution in [3.8, 4) is 0 Å². The molecule has 4 rings (SSSR count). The van der Waals surface area contributed by atoms with Gasteiger partial charge in [-0.3, -0.25) is 9.59 Å². The number of aromatic nitrogens is 2. The molecule has 1 fully saturated rings. The lowest BCUT2D eigenvalue weighted by Gasteiger charge is -2.31. The molecule has 0 unspecified atom stereocenters. The van der Waals surface area contributed by atoms with E-state index in [1.54, 1.807) is 6.20 Å². The Hall–Kier alpha value is -3.06. The van der Waals surface area contributed by atoms with E-state index < -0.39 is 0 Å². The monoisotopic (exact) mass is 434 g/mol.